The SMILES string of the molecule is c1ccc(-c2ccc3ccc(Nc4ncnc5[nH]ncc45)cc3n2)cc1. The second kappa shape index (κ2) is 5.93. The summed E-state index contributed by atoms with van der Waals surface area (Å²) in [7, 11) is 0. The zero-order valence-corrected chi connectivity index (χ0v) is 13.7. The van der Waals surface area contributed by atoms with Gasteiger partial charge in [-0.1, -0.05) is 42.5 Å². The Labute approximate surface area is 149 Å². The normalized spacial score (nSPS) is 11.1. The van der Waals surface area contributed by atoms with Crippen LogP contribution in [0.15, 0.2) is 73.2 Å². The summed E-state index contributed by atoms with van der Waals surface area (Å²) in [6.45, 7) is 0. The molecule has 0 unspecified atom stereocenters. The molecule has 0 amide bonds. The van der Waals surface area contributed by atoms with Crippen LogP contribution in [0.25, 0.3) is 33.2 Å². The maximum atomic E-state index is 4.81. The van der Waals surface area contributed by atoms with Gasteiger partial charge in [0.1, 0.15) is 12.1 Å². The molecule has 0 saturated heterocycles. The van der Waals surface area contributed by atoms with E-state index in [-0.39, 0.29) is 0 Å². The molecule has 3 aromatic heterocycles. The number of fused-ring (bicyclic) bond motifs is 2. The Hall–Kier alpha value is -3.80. The van der Waals surface area contributed by atoms with Crippen molar-refractivity contribution >= 4 is 33.4 Å². The number of aromatic nitrogens is 5. The van der Waals surface area contributed by atoms with Gasteiger partial charge in [0.2, 0.25) is 0 Å². The van der Waals surface area contributed by atoms with Gasteiger partial charge in [0.05, 0.1) is 22.8 Å². The first-order chi connectivity index (χ1) is 12.9. The standard InChI is InChI=1S/C20H14N6/c1-2-4-13(5-3-1)17-9-7-14-6-8-15(10-18(14)25-17)24-19-16-11-23-26-20(16)22-12-21-19/h1-12H,(H2,21,22,23,24,26). The molecule has 0 fully saturated rings. The lowest BCUT2D eigenvalue weighted by Crippen LogP contribution is -1.95. The highest BCUT2D eigenvalue weighted by Gasteiger charge is 2.07. The van der Waals surface area contributed by atoms with E-state index in [0.29, 0.717) is 11.5 Å². The zero-order valence-electron chi connectivity index (χ0n) is 13.7. The van der Waals surface area contributed by atoms with Crippen LogP contribution >= 0.6 is 0 Å². The van der Waals surface area contributed by atoms with Gasteiger partial charge in [-0.25, -0.2) is 15.0 Å². The van der Waals surface area contributed by atoms with Crippen LogP contribution in [-0.2, 0) is 0 Å². The van der Waals surface area contributed by atoms with E-state index >= 15 is 0 Å². The minimum absolute atomic E-state index is 0.702. The van der Waals surface area contributed by atoms with E-state index in [1.807, 2.05) is 42.5 Å². The number of benzene rings is 2. The average Bonchev–Trinajstić information content (AvgIpc) is 3.18. The number of pyridine rings is 1. The number of aromatic amines is 1. The Morgan fingerprint density at radius 2 is 1.77 bits per heavy atom. The number of nitrogens with zero attached hydrogens (tertiary/aromatic N) is 4. The van der Waals surface area contributed by atoms with Gasteiger partial charge in [-0.15, -0.1) is 0 Å². The fourth-order valence-electron chi connectivity index (χ4n) is 2.97. The zero-order chi connectivity index (χ0) is 17.3. The van der Waals surface area contributed by atoms with Crippen molar-refractivity contribution < 1.29 is 0 Å². The molecule has 5 aromatic rings. The molecule has 2 N–H and O–H groups in total. The number of nitrogens with one attached hydrogen (secondary N) is 2. The van der Waals surface area contributed by atoms with Crippen LogP contribution in [-0.4, -0.2) is 25.1 Å². The molecule has 5 rings (SSSR count). The van der Waals surface area contributed by atoms with Gasteiger partial charge >= 0.3 is 0 Å². The monoisotopic (exact) mass is 338 g/mol. The van der Waals surface area contributed by atoms with Crippen LogP contribution in [0, 0.1) is 0 Å². The lowest BCUT2D eigenvalue weighted by molar-refractivity contribution is 1.09. The van der Waals surface area contributed by atoms with Gasteiger partial charge in [-0.05, 0) is 18.2 Å². The molecule has 26 heavy (non-hydrogen) atoms. The van der Waals surface area contributed by atoms with E-state index < -0.39 is 0 Å². The topological polar surface area (TPSA) is 79.4 Å². The van der Waals surface area contributed by atoms with Crippen LogP contribution in [0.5, 0.6) is 0 Å². The van der Waals surface area contributed by atoms with Gasteiger partial charge < -0.3 is 5.32 Å². The molecule has 6 nitrogen and oxygen atoms in total. The van der Waals surface area contributed by atoms with Crippen molar-refractivity contribution in [1.29, 1.82) is 0 Å². The van der Waals surface area contributed by atoms with Gasteiger partial charge in [0, 0.05) is 16.6 Å². The highest BCUT2D eigenvalue weighted by atomic mass is 15.2. The number of H-pyrrole nitrogens is 1. The molecule has 0 aliphatic carbocycles. The Morgan fingerprint density at radius 3 is 2.69 bits per heavy atom. The largest absolute Gasteiger partial charge is 0.339 e. The van der Waals surface area contributed by atoms with Crippen molar-refractivity contribution in [2.24, 2.45) is 0 Å². The van der Waals surface area contributed by atoms with Crippen LogP contribution in [0.4, 0.5) is 11.5 Å². The number of hydrogen-bond acceptors (Lipinski definition) is 5. The first-order valence-corrected chi connectivity index (χ1v) is 8.24. The lowest BCUT2D eigenvalue weighted by Gasteiger charge is -2.08. The number of rotatable bonds is 3. The van der Waals surface area contributed by atoms with Crippen LogP contribution in [0.3, 0.4) is 0 Å². The summed E-state index contributed by atoms with van der Waals surface area (Å²) in [5.74, 6) is 0.710. The fourth-order valence-corrected chi connectivity index (χ4v) is 2.97. The smallest absolute Gasteiger partial charge is 0.160 e. The van der Waals surface area contributed by atoms with Crippen molar-refractivity contribution in [3.63, 3.8) is 0 Å². The summed E-state index contributed by atoms with van der Waals surface area (Å²) < 4.78 is 0. The highest BCUT2D eigenvalue weighted by Crippen LogP contribution is 2.26. The molecule has 2 aromatic carbocycles. The second-order valence-corrected chi connectivity index (χ2v) is 5.95. The molecule has 0 bridgehead atoms. The van der Waals surface area contributed by atoms with Crippen molar-refractivity contribution in [3.8, 4) is 11.3 Å². The minimum Gasteiger partial charge on any atom is -0.339 e. The fraction of sp³-hybridized carbons (Fsp3) is 0. The molecular formula is C20H14N6. The van der Waals surface area contributed by atoms with Crippen molar-refractivity contribution in [2.75, 3.05) is 5.32 Å². The lowest BCUT2D eigenvalue weighted by atomic mass is 10.1. The Bertz CT molecular complexity index is 1210. The summed E-state index contributed by atoms with van der Waals surface area (Å²) in [4.78, 5) is 13.3. The van der Waals surface area contributed by atoms with Gasteiger partial charge in [0.15, 0.2) is 5.65 Å². The third-order valence-electron chi connectivity index (χ3n) is 4.27. The van der Waals surface area contributed by atoms with E-state index in [9.17, 15) is 0 Å². The molecule has 6 heteroatoms. The Balaban J connectivity index is 1.55. The van der Waals surface area contributed by atoms with Gasteiger partial charge in [-0.3, -0.25) is 5.10 Å². The van der Waals surface area contributed by atoms with Crippen molar-refractivity contribution in [2.45, 2.75) is 0 Å². The summed E-state index contributed by atoms with van der Waals surface area (Å²) in [6, 6.07) is 20.4. The molecule has 0 spiro atoms. The van der Waals surface area contributed by atoms with Gasteiger partial charge in [-0.2, -0.15) is 5.10 Å². The van der Waals surface area contributed by atoms with Crippen molar-refractivity contribution in [3.05, 3.63) is 73.2 Å². The highest BCUT2D eigenvalue weighted by molar-refractivity contribution is 5.90. The number of anilines is 2. The predicted molar refractivity (Wildman–Crippen MR) is 102 cm³/mol. The van der Waals surface area contributed by atoms with E-state index in [0.717, 1.165) is 33.2 Å². The van der Waals surface area contributed by atoms with E-state index in [1.54, 1.807) is 6.20 Å². The molecule has 124 valence electrons. The summed E-state index contributed by atoms with van der Waals surface area (Å²) in [5, 5.41) is 12.1. The van der Waals surface area contributed by atoms with Crippen LogP contribution in [0.1, 0.15) is 0 Å². The third kappa shape index (κ3) is 2.53. The van der Waals surface area contributed by atoms with Crippen LogP contribution in [0.2, 0.25) is 0 Å². The average molecular weight is 338 g/mol. The molecular weight excluding hydrogens is 324 g/mol. The Morgan fingerprint density at radius 1 is 0.885 bits per heavy atom. The first kappa shape index (κ1) is 14.5. The molecule has 0 atom stereocenters. The molecule has 0 saturated carbocycles. The third-order valence-corrected chi connectivity index (χ3v) is 4.27. The summed E-state index contributed by atoms with van der Waals surface area (Å²) in [6.07, 6.45) is 3.22. The van der Waals surface area contributed by atoms with E-state index in [4.69, 9.17) is 4.98 Å². The molecule has 3 heterocycles. The van der Waals surface area contributed by atoms with Crippen LogP contribution < -0.4 is 5.32 Å². The van der Waals surface area contributed by atoms with E-state index in [2.05, 4.69) is 43.7 Å². The second-order valence-electron chi connectivity index (χ2n) is 5.95. The molecule has 0 aliphatic rings. The summed E-state index contributed by atoms with van der Waals surface area (Å²) >= 11 is 0. The first-order valence-electron chi connectivity index (χ1n) is 8.24. The summed E-state index contributed by atoms with van der Waals surface area (Å²) in [5.41, 5.74) is 4.59. The molecule has 0 aliphatic heterocycles. The number of hydrogen-bond donors (Lipinski definition) is 2. The predicted octanol–water partition coefficient (Wildman–Crippen LogP) is 4.31. The minimum atomic E-state index is 0.702. The Kier molecular flexibility index (Phi) is 3.31. The van der Waals surface area contributed by atoms with Crippen molar-refractivity contribution in [1.82, 2.24) is 25.1 Å². The maximum Gasteiger partial charge on any atom is 0.160 e. The van der Waals surface area contributed by atoms with E-state index in [1.165, 1.54) is 6.33 Å². The van der Waals surface area contributed by atoms with Gasteiger partial charge in [0.25, 0.3) is 0 Å². The molecule has 0 radical (unpaired) electrons. The maximum absolute atomic E-state index is 4.81. The quantitative estimate of drug-likeness (QED) is 0.512.